The molecule has 1 aliphatic heterocycles. The summed E-state index contributed by atoms with van der Waals surface area (Å²) in [5, 5.41) is 10.8. The third kappa shape index (κ3) is 3.21. The molecule has 0 aliphatic carbocycles. The molecular formula is C22H15ClN2OS. The lowest BCUT2D eigenvalue weighted by Crippen LogP contribution is -2.47. The summed E-state index contributed by atoms with van der Waals surface area (Å²) in [6.07, 6.45) is 0.401. The van der Waals surface area contributed by atoms with Gasteiger partial charge in [-0.3, -0.25) is 9.69 Å². The number of rotatable bonds is 3. The molecule has 0 spiro atoms. The van der Waals surface area contributed by atoms with Crippen LogP contribution in [0.5, 0.6) is 0 Å². The van der Waals surface area contributed by atoms with Crippen LogP contribution >= 0.6 is 23.4 Å². The molecule has 3 aromatic rings. The van der Waals surface area contributed by atoms with E-state index < -0.39 is 4.87 Å². The minimum Gasteiger partial charge on any atom is -0.278 e. The normalized spacial score (nSPS) is 18.0. The molecule has 0 radical (unpaired) electrons. The second-order valence-corrected chi connectivity index (χ2v) is 8.03. The van der Waals surface area contributed by atoms with E-state index in [9.17, 15) is 10.1 Å². The lowest BCUT2D eigenvalue weighted by molar-refractivity contribution is 0.0979. The summed E-state index contributed by atoms with van der Waals surface area (Å²) in [5.74, 6) is -0.177. The Morgan fingerprint density at radius 3 is 2.37 bits per heavy atom. The highest BCUT2D eigenvalue weighted by Gasteiger charge is 2.48. The second kappa shape index (κ2) is 7.11. The highest BCUT2D eigenvalue weighted by atomic mass is 35.5. The van der Waals surface area contributed by atoms with Crippen LogP contribution in [-0.2, 0) is 6.42 Å². The Balaban J connectivity index is 1.81. The first-order valence-corrected chi connectivity index (χ1v) is 9.66. The maximum absolute atomic E-state index is 13.4. The van der Waals surface area contributed by atoms with E-state index in [0.29, 0.717) is 17.0 Å². The van der Waals surface area contributed by atoms with Gasteiger partial charge in [0.1, 0.15) is 6.07 Å². The molecule has 0 bridgehead atoms. The number of benzene rings is 3. The third-order valence-electron chi connectivity index (χ3n) is 4.50. The van der Waals surface area contributed by atoms with E-state index in [1.807, 2.05) is 54.6 Å². The number of nitriles is 1. The summed E-state index contributed by atoms with van der Waals surface area (Å²) in [4.78, 5) is 14.9. The van der Waals surface area contributed by atoms with Crippen molar-refractivity contribution in [2.45, 2.75) is 16.2 Å². The maximum Gasteiger partial charge on any atom is 0.260 e. The summed E-state index contributed by atoms with van der Waals surface area (Å²) in [6, 6.07) is 26.6. The molecule has 0 saturated heterocycles. The van der Waals surface area contributed by atoms with Crippen molar-refractivity contribution in [1.82, 2.24) is 0 Å². The van der Waals surface area contributed by atoms with Crippen LogP contribution in [0.3, 0.4) is 0 Å². The van der Waals surface area contributed by atoms with Gasteiger partial charge in [-0.25, -0.2) is 0 Å². The molecule has 0 saturated carbocycles. The first-order valence-electron chi connectivity index (χ1n) is 8.46. The number of para-hydroxylation sites is 1. The Hall–Kier alpha value is -2.74. The minimum absolute atomic E-state index is 0.177. The molecule has 5 heteroatoms. The number of amides is 1. The van der Waals surface area contributed by atoms with Gasteiger partial charge in [-0.05, 0) is 42.0 Å². The molecule has 3 nitrogen and oxygen atoms in total. The van der Waals surface area contributed by atoms with Gasteiger partial charge in [-0.2, -0.15) is 5.26 Å². The van der Waals surface area contributed by atoms with Gasteiger partial charge in [0, 0.05) is 21.9 Å². The molecule has 27 heavy (non-hydrogen) atoms. The number of hydrogen-bond donors (Lipinski definition) is 0. The average Bonchev–Trinajstić information content (AvgIpc) is 3.04. The molecule has 1 aliphatic rings. The fourth-order valence-electron chi connectivity index (χ4n) is 3.24. The number of halogens is 1. The summed E-state index contributed by atoms with van der Waals surface area (Å²) < 4.78 is 0. The zero-order chi connectivity index (χ0) is 18.9. The summed E-state index contributed by atoms with van der Waals surface area (Å²) in [5.41, 5.74) is 2.28. The molecule has 0 fully saturated rings. The Labute approximate surface area is 167 Å². The lowest BCUT2D eigenvalue weighted by atomic mass is 10.0. The van der Waals surface area contributed by atoms with Crippen molar-refractivity contribution in [3.63, 3.8) is 0 Å². The lowest BCUT2D eigenvalue weighted by Gasteiger charge is -2.32. The van der Waals surface area contributed by atoms with E-state index in [1.54, 1.807) is 29.2 Å². The summed E-state index contributed by atoms with van der Waals surface area (Å²) in [7, 11) is 0. The highest BCUT2D eigenvalue weighted by molar-refractivity contribution is 8.01. The van der Waals surface area contributed by atoms with Crippen LogP contribution in [0.4, 0.5) is 5.69 Å². The molecule has 1 atom stereocenters. The van der Waals surface area contributed by atoms with Crippen molar-refractivity contribution < 1.29 is 4.79 Å². The van der Waals surface area contributed by atoms with Crippen LogP contribution in [0.1, 0.15) is 15.9 Å². The summed E-state index contributed by atoms with van der Waals surface area (Å²) in [6.45, 7) is 0. The molecular weight excluding hydrogens is 376 g/mol. The molecule has 3 aromatic carbocycles. The van der Waals surface area contributed by atoms with Crippen LogP contribution in [0, 0.1) is 11.3 Å². The van der Waals surface area contributed by atoms with E-state index >= 15 is 0 Å². The van der Waals surface area contributed by atoms with Crippen LogP contribution in [0.25, 0.3) is 0 Å². The fraction of sp³-hybridized carbons (Fsp3) is 0.0909. The van der Waals surface area contributed by atoms with Crippen LogP contribution in [0.15, 0.2) is 83.8 Å². The van der Waals surface area contributed by atoms with Gasteiger partial charge in [0.15, 0.2) is 4.87 Å². The number of anilines is 1. The number of carbonyl (C=O) groups is 1. The average molecular weight is 391 g/mol. The van der Waals surface area contributed by atoms with Crippen LogP contribution < -0.4 is 4.90 Å². The second-order valence-electron chi connectivity index (χ2n) is 6.28. The number of thioether (sulfide) groups is 1. The first-order chi connectivity index (χ1) is 13.1. The molecule has 1 unspecified atom stereocenters. The fourth-order valence-corrected chi connectivity index (χ4v) is 4.70. The highest BCUT2D eigenvalue weighted by Crippen LogP contribution is 2.52. The van der Waals surface area contributed by atoms with Gasteiger partial charge in [0.05, 0.1) is 5.69 Å². The Bertz CT molecular complexity index is 1030. The predicted octanol–water partition coefficient (Wildman–Crippen LogP) is 5.56. The Kier molecular flexibility index (Phi) is 4.65. The SMILES string of the molecule is N#CC1(Cc2ccc(Cl)cc2)Sc2ccccc2N1C(=O)c1ccccc1. The summed E-state index contributed by atoms with van der Waals surface area (Å²) >= 11 is 7.42. The molecule has 132 valence electrons. The smallest absolute Gasteiger partial charge is 0.260 e. The maximum atomic E-state index is 13.4. The Morgan fingerprint density at radius 1 is 1.00 bits per heavy atom. The molecule has 0 aromatic heterocycles. The van der Waals surface area contributed by atoms with Gasteiger partial charge in [0.2, 0.25) is 0 Å². The van der Waals surface area contributed by atoms with Crippen molar-refractivity contribution >= 4 is 35.0 Å². The van der Waals surface area contributed by atoms with Crippen molar-refractivity contribution in [2.75, 3.05) is 4.90 Å². The number of hydrogen-bond acceptors (Lipinski definition) is 3. The molecule has 0 N–H and O–H groups in total. The molecule has 4 rings (SSSR count). The molecule has 1 heterocycles. The van der Waals surface area contributed by atoms with E-state index in [2.05, 4.69) is 6.07 Å². The van der Waals surface area contributed by atoms with Gasteiger partial charge < -0.3 is 0 Å². The van der Waals surface area contributed by atoms with E-state index in [0.717, 1.165) is 16.1 Å². The van der Waals surface area contributed by atoms with Crippen molar-refractivity contribution in [3.8, 4) is 6.07 Å². The van der Waals surface area contributed by atoms with E-state index in [1.165, 1.54) is 11.8 Å². The monoisotopic (exact) mass is 390 g/mol. The van der Waals surface area contributed by atoms with Crippen LogP contribution in [0.2, 0.25) is 5.02 Å². The largest absolute Gasteiger partial charge is 0.278 e. The van der Waals surface area contributed by atoms with Crippen LogP contribution in [-0.4, -0.2) is 10.8 Å². The van der Waals surface area contributed by atoms with Crippen molar-refractivity contribution in [1.29, 1.82) is 5.26 Å². The van der Waals surface area contributed by atoms with E-state index in [-0.39, 0.29) is 5.91 Å². The molecule has 1 amide bonds. The van der Waals surface area contributed by atoms with Crippen molar-refractivity contribution in [2.24, 2.45) is 0 Å². The number of fused-ring (bicyclic) bond motifs is 1. The quantitative estimate of drug-likeness (QED) is 0.588. The van der Waals surface area contributed by atoms with Crippen molar-refractivity contribution in [3.05, 3.63) is 95.0 Å². The predicted molar refractivity (Wildman–Crippen MR) is 109 cm³/mol. The Morgan fingerprint density at radius 2 is 1.67 bits per heavy atom. The van der Waals surface area contributed by atoms with Gasteiger partial charge in [-0.1, -0.05) is 65.8 Å². The topological polar surface area (TPSA) is 44.1 Å². The standard InChI is InChI=1S/C22H15ClN2OS/c23-18-12-10-16(11-13-18)14-22(15-24)25(19-8-4-5-9-20(19)27-22)21(26)17-6-2-1-3-7-17/h1-13H,14H2. The van der Waals surface area contributed by atoms with Gasteiger partial charge >= 0.3 is 0 Å². The zero-order valence-corrected chi connectivity index (χ0v) is 15.9. The van der Waals surface area contributed by atoms with Gasteiger partial charge in [0.25, 0.3) is 5.91 Å². The zero-order valence-electron chi connectivity index (χ0n) is 14.3. The number of carbonyl (C=O) groups excluding carboxylic acids is 1. The number of nitrogens with zero attached hydrogens (tertiary/aromatic N) is 2. The van der Waals surface area contributed by atoms with E-state index in [4.69, 9.17) is 11.6 Å². The third-order valence-corrected chi connectivity index (χ3v) is 6.07. The van der Waals surface area contributed by atoms with Gasteiger partial charge in [-0.15, -0.1) is 0 Å². The minimum atomic E-state index is -1.05. The first kappa shape index (κ1) is 17.7.